The highest BCUT2D eigenvalue weighted by Crippen LogP contribution is 2.31. The van der Waals surface area contributed by atoms with Crippen molar-refractivity contribution in [1.29, 1.82) is 0 Å². The first kappa shape index (κ1) is 14.5. The molecule has 1 fully saturated rings. The molecule has 0 bridgehead atoms. The highest BCUT2D eigenvalue weighted by molar-refractivity contribution is 7.85. The van der Waals surface area contributed by atoms with Gasteiger partial charge in [0, 0.05) is 11.8 Å². The van der Waals surface area contributed by atoms with Crippen LogP contribution >= 0.6 is 0 Å². The van der Waals surface area contributed by atoms with E-state index >= 15 is 0 Å². The molecule has 0 N–H and O–H groups in total. The van der Waals surface area contributed by atoms with Crippen molar-refractivity contribution in [3.63, 3.8) is 0 Å². The summed E-state index contributed by atoms with van der Waals surface area (Å²) in [7, 11) is -3.40. The molecule has 1 aromatic rings. The summed E-state index contributed by atoms with van der Waals surface area (Å²) in [5.41, 5.74) is 1.70. The minimum Gasteiger partial charge on any atom is -0.269 e. The molecule has 1 saturated carbocycles. The lowest BCUT2D eigenvalue weighted by molar-refractivity contribution is 0.272. The Hall–Kier alpha value is -0.880. The van der Waals surface area contributed by atoms with Crippen LogP contribution in [0.1, 0.15) is 49.9 Å². The standard InChI is InChI=1S/C13H22N2O3S/c1-10-4-6-13(7-5-10)15-8-12(11(2)14-15)9-18-19(3,16)17/h8,10,13H,4-7,9H2,1-3H3. The molecule has 0 unspecified atom stereocenters. The maximum atomic E-state index is 11.0. The van der Waals surface area contributed by atoms with Gasteiger partial charge in [0.1, 0.15) is 0 Å². The predicted octanol–water partition coefficient (Wildman–Crippen LogP) is 2.42. The molecule has 0 amide bonds. The van der Waals surface area contributed by atoms with Crippen LogP contribution in [0.3, 0.4) is 0 Å². The van der Waals surface area contributed by atoms with E-state index in [-0.39, 0.29) is 6.61 Å². The number of hydrogen-bond acceptors (Lipinski definition) is 4. The van der Waals surface area contributed by atoms with Gasteiger partial charge < -0.3 is 0 Å². The number of hydrogen-bond donors (Lipinski definition) is 0. The van der Waals surface area contributed by atoms with Crippen LogP contribution in [0, 0.1) is 12.8 Å². The molecule has 0 aromatic carbocycles. The summed E-state index contributed by atoms with van der Waals surface area (Å²) in [5, 5.41) is 4.50. The fourth-order valence-electron chi connectivity index (χ4n) is 2.53. The van der Waals surface area contributed by atoms with Gasteiger partial charge in [-0.15, -0.1) is 0 Å². The SMILES string of the molecule is Cc1nn(C2CCC(C)CC2)cc1COS(C)(=O)=O. The van der Waals surface area contributed by atoms with Crippen LogP contribution in [-0.2, 0) is 20.9 Å². The first-order chi connectivity index (χ1) is 8.85. The predicted molar refractivity (Wildman–Crippen MR) is 73.3 cm³/mol. The van der Waals surface area contributed by atoms with Crippen LogP contribution in [0.15, 0.2) is 6.20 Å². The molecule has 5 nitrogen and oxygen atoms in total. The molecule has 2 rings (SSSR count). The fourth-order valence-corrected chi connectivity index (χ4v) is 2.87. The van der Waals surface area contributed by atoms with E-state index in [2.05, 4.69) is 12.0 Å². The summed E-state index contributed by atoms with van der Waals surface area (Å²) in [6, 6.07) is 0.446. The topological polar surface area (TPSA) is 61.2 Å². The second-order valence-electron chi connectivity index (χ2n) is 5.60. The number of nitrogens with zero attached hydrogens (tertiary/aromatic N) is 2. The summed E-state index contributed by atoms with van der Waals surface area (Å²) >= 11 is 0. The van der Waals surface area contributed by atoms with Crippen LogP contribution in [0.2, 0.25) is 0 Å². The highest BCUT2D eigenvalue weighted by atomic mass is 32.2. The molecule has 0 saturated heterocycles. The Morgan fingerprint density at radius 3 is 2.58 bits per heavy atom. The Kier molecular flexibility index (Phi) is 4.30. The first-order valence-corrected chi connectivity index (χ1v) is 8.56. The Morgan fingerprint density at radius 1 is 1.37 bits per heavy atom. The van der Waals surface area contributed by atoms with E-state index in [0.717, 1.165) is 36.3 Å². The van der Waals surface area contributed by atoms with Gasteiger partial charge in [-0.3, -0.25) is 8.86 Å². The molecule has 19 heavy (non-hydrogen) atoms. The van der Waals surface area contributed by atoms with E-state index in [4.69, 9.17) is 4.18 Å². The van der Waals surface area contributed by atoms with Gasteiger partial charge in [0.05, 0.1) is 24.6 Å². The lowest BCUT2D eigenvalue weighted by Crippen LogP contribution is -2.17. The summed E-state index contributed by atoms with van der Waals surface area (Å²) in [4.78, 5) is 0. The van der Waals surface area contributed by atoms with Gasteiger partial charge in [-0.25, -0.2) is 0 Å². The molecular formula is C13H22N2O3S. The Morgan fingerprint density at radius 2 is 2.00 bits per heavy atom. The average molecular weight is 286 g/mol. The molecule has 0 radical (unpaired) electrons. The summed E-state index contributed by atoms with van der Waals surface area (Å²) < 4.78 is 28.8. The maximum absolute atomic E-state index is 11.0. The number of aryl methyl sites for hydroxylation is 1. The molecule has 0 spiro atoms. The zero-order valence-electron chi connectivity index (χ0n) is 11.8. The average Bonchev–Trinajstić information content (AvgIpc) is 2.68. The van der Waals surface area contributed by atoms with Crippen molar-refractivity contribution < 1.29 is 12.6 Å². The molecule has 108 valence electrons. The molecule has 6 heteroatoms. The fraction of sp³-hybridized carbons (Fsp3) is 0.769. The van der Waals surface area contributed by atoms with Gasteiger partial charge >= 0.3 is 0 Å². The van der Waals surface area contributed by atoms with E-state index in [1.165, 1.54) is 12.8 Å². The van der Waals surface area contributed by atoms with E-state index in [1.807, 2.05) is 17.8 Å². The first-order valence-electron chi connectivity index (χ1n) is 6.74. The molecule has 1 aromatic heterocycles. The molecule has 1 aliphatic rings. The molecular weight excluding hydrogens is 264 g/mol. The minimum absolute atomic E-state index is 0.0772. The second-order valence-corrected chi connectivity index (χ2v) is 7.24. The van der Waals surface area contributed by atoms with Crippen molar-refractivity contribution in [1.82, 2.24) is 9.78 Å². The van der Waals surface area contributed by atoms with Gasteiger partial charge in [0.2, 0.25) is 0 Å². The maximum Gasteiger partial charge on any atom is 0.264 e. The van der Waals surface area contributed by atoms with E-state index < -0.39 is 10.1 Å². The summed E-state index contributed by atoms with van der Waals surface area (Å²) in [6.07, 6.45) is 7.76. The van der Waals surface area contributed by atoms with Crippen LogP contribution in [-0.4, -0.2) is 24.5 Å². The van der Waals surface area contributed by atoms with Crippen molar-refractivity contribution in [2.75, 3.05) is 6.26 Å². The van der Waals surface area contributed by atoms with Crippen LogP contribution in [0.25, 0.3) is 0 Å². The van der Waals surface area contributed by atoms with Crippen molar-refractivity contribution in [2.24, 2.45) is 5.92 Å². The minimum atomic E-state index is -3.40. The molecule has 0 atom stereocenters. The molecule has 0 aliphatic heterocycles. The lowest BCUT2D eigenvalue weighted by atomic mass is 9.87. The summed E-state index contributed by atoms with van der Waals surface area (Å²) in [5.74, 6) is 0.806. The second kappa shape index (κ2) is 5.63. The smallest absolute Gasteiger partial charge is 0.264 e. The Balaban J connectivity index is 2.04. The van der Waals surface area contributed by atoms with E-state index in [9.17, 15) is 8.42 Å². The zero-order valence-corrected chi connectivity index (χ0v) is 12.6. The van der Waals surface area contributed by atoms with Gasteiger partial charge in [0.25, 0.3) is 10.1 Å². The number of aromatic nitrogens is 2. The third-order valence-corrected chi connectivity index (χ3v) is 4.35. The van der Waals surface area contributed by atoms with Crippen LogP contribution in [0.5, 0.6) is 0 Å². The normalized spacial score (nSPS) is 24.6. The van der Waals surface area contributed by atoms with Gasteiger partial charge in [-0.05, 0) is 38.5 Å². The summed E-state index contributed by atoms with van der Waals surface area (Å²) in [6.45, 7) is 4.26. The largest absolute Gasteiger partial charge is 0.269 e. The van der Waals surface area contributed by atoms with Crippen molar-refractivity contribution in [3.05, 3.63) is 17.5 Å². The zero-order chi connectivity index (χ0) is 14.0. The quantitative estimate of drug-likeness (QED) is 0.797. The van der Waals surface area contributed by atoms with Crippen molar-refractivity contribution in [3.8, 4) is 0 Å². The monoisotopic (exact) mass is 286 g/mol. The Labute approximate surface area is 115 Å². The van der Waals surface area contributed by atoms with E-state index in [1.54, 1.807) is 0 Å². The van der Waals surface area contributed by atoms with Gasteiger partial charge in [-0.1, -0.05) is 6.92 Å². The van der Waals surface area contributed by atoms with Crippen LogP contribution < -0.4 is 0 Å². The van der Waals surface area contributed by atoms with E-state index in [0.29, 0.717) is 6.04 Å². The molecule has 1 aliphatic carbocycles. The van der Waals surface area contributed by atoms with Crippen molar-refractivity contribution in [2.45, 2.75) is 52.2 Å². The lowest BCUT2D eigenvalue weighted by Gasteiger charge is -2.26. The Bertz CT molecular complexity index is 528. The number of rotatable bonds is 4. The van der Waals surface area contributed by atoms with Crippen molar-refractivity contribution >= 4 is 10.1 Å². The third kappa shape index (κ3) is 4.04. The molecule has 1 heterocycles. The highest BCUT2D eigenvalue weighted by Gasteiger charge is 2.21. The van der Waals surface area contributed by atoms with Crippen LogP contribution in [0.4, 0.5) is 0 Å². The van der Waals surface area contributed by atoms with Gasteiger partial charge in [0.15, 0.2) is 0 Å². The third-order valence-electron chi connectivity index (χ3n) is 3.81. The van der Waals surface area contributed by atoms with Gasteiger partial charge in [-0.2, -0.15) is 13.5 Å².